The van der Waals surface area contributed by atoms with E-state index in [2.05, 4.69) is 0 Å². The summed E-state index contributed by atoms with van der Waals surface area (Å²) in [5.74, 6) is -2.71. The van der Waals surface area contributed by atoms with E-state index in [1.165, 1.54) is 25.3 Å². The van der Waals surface area contributed by atoms with Gasteiger partial charge in [0.2, 0.25) is 20.0 Å². The van der Waals surface area contributed by atoms with Crippen molar-refractivity contribution in [3.8, 4) is 5.75 Å². The molecule has 2 aromatic carbocycles. The van der Waals surface area contributed by atoms with Gasteiger partial charge >= 0.3 is 0 Å². The number of anilines is 1. The van der Waals surface area contributed by atoms with Crippen molar-refractivity contribution < 1.29 is 30.4 Å². The van der Waals surface area contributed by atoms with Crippen molar-refractivity contribution in [2.75, 3.05) is 39.0 Å². The molecule has 0 aliphatic carbocycles. The molecule has 0 bridgehead atoms. The second-order valence-corrected chi connectivity index (χ2v) is 10.5. The van der Waals surface area contributed by atoms with E-state index in [4.69, 9.17) is 10.5 Å². The van der Waals surface area contributed by atoms with Crippen LogP contribution in [-0.4, -0.2) is 58.7 Å². The Hall–Kier alpha value is -1.99. The van der Waals surface area contributed by atoms with Gasteiger partial charge in [0.25, 0.3) is 0 Å². The van der Waals surface area contributed by atoms with E-state index in [0.717, 1.165) is 20.7 Å². The van der Waals surface area contributed by atoms with Gasteiger partial charge in [-0.2, -0.15) is 8.61 Å². The maximum absolute atomic E-state index is 14.3. The van der Waals surface area contributed by atoms with Gasteiger partial charge in [0.1, 0.15) is 17.4 Å². The van der Waals surface area contributed by atoms with E-state index in [1.807, 2.05) is 0 Å². The number of rotatable bonds is 5. The van der Waals surface area contributed by atoms with Crippen LogP contribution in [0.25, 0.3) is 0 Å². The Balaban J connectivity index is 0.00000341. The smallest absolute Gasteiger partial charge is 0.248 e. The molecule has 1 fully saturated rings. The average molecular weight is 498 g/mol. The van der Waals surface area contributed by atoms with Crippen LogP contribution in [0.1, 0.15) is 6.42 Å². The van der Waals surface area contributed by atoms with Crippen LogP contribution < -0.4 is 10.5 Å². The Bertz CT molecular complexity index is 1140. The van der Waals surface area contributed by atoms with Crippen LogP contribution in [0.15, 0.2) is 46.2 Å². The van der Waals surface area contributed by atoms with Gasteiger partial charge in [-0.25, -0.2) is 25.6 Å². The number of sulfonamides is 2. The summed E-state index contributed by atoms with van der Waals surface area (Å²) in [6, 6.07) is 7.33. The summed E-state index contributed by atoms with van der Waals surface area (Å²) >= 11 is 0. The lowest BCUT2D eigenvalue weighted by Gasteiger charge is -2.22. The zero-order valence-corrected chi connectivity index (χ0v) is 18.9. The molecule has 3 rings (SSSR count). The van der Waals surface area contributed by atoms with Crippen LogP contribution in [-0.2, 0) is 20.0 Å². The van der Waals surface area contributed by atoms with E-state index in [1.54, 1.807) is 6.07 Å². The molecule has 0 radical (unpaired) electrons. The van der Waals surface area contributed by atoms with Gasteiger partial charge < -0.3 is 10.5 Å². The van der Waals surface area contributed by atoms with E-state index in [9.17, 15) is 25.6 Å². The first-order chi connectivity index (χ1) is 14.1. The Labute approximate surface area is 186 Å². The van der Waals surface area contributed by atoms with Gasteiger partial charge in [-0.1, -0.05) is 6.07 Å². The average Bonchev–Trinajstić information content (AvgIpc) is 2.94. The third kappa shape index (κ3) is 5.09. The molecule has 0 saturated carbocycles. The number of nitrogens with two attached hydrogens (primary N) is 1. The van der Waals surface area contributed by atoms with Gasteiger partial charge in [0.15, 0.2) is 4.90 Å². The molecular weight excluding hydrogens is 476 g/mol. The predicted molar refractivity (Wildman–Crippen MR) is 113 cm³/mol. The molecule has 0 aromatic heterocycles. The van der Waals surface area contributed by atoms with Gasteiger partial charge in [0.05, 0.1) is 12.0 Å². The fourth-order valence-electron chi connectivity index (χ4n) is 3.20. The number of nitrogens with zero attached hydrogens (tertiary/aromatic N) is 2. The van der Waals surface area contributed by atoms with E-state index >= 15 is 0 Å². The van der Waals surface area contributed by atoms with Crippen molar-refractivity contribution in [3.05, 3.63) is 48.0 Å². The number of methoxy groups -OCH3 is 1. The molecule has 13 heteroatoms. The lowest BCUT2D eigenvalue weighted by Crippen LogP contribution is -2.37. The molecule has 2 N–H and O–H groups in total. The zero-order valence-electron chi connectivity index (χ0n) is 16.5. The Morgan fingerprint density at radius 2 is 1.45 bits per heavy atom. The highest BCUT2D eigenvalue weighted by molar-refractivity contribution is 7.89. The largest absolute Gasteiger partial charge is 0.497 e. The number of halogens is 3. The van der Waals surface area contributed by atoms with Crippen LogP contribution >= 0.6 is 12.4 Å². The highest BCUT2D eigenvalue weighted by atomic mass is 35.5. The Morgan fingerprint density at radius 3 is 1.97 bits per heavy atom. The molecule has 0 amide bonds. The molecule has 1 aliphatic heterocycles. The highest BCUT2D eigenvalue weighted by Crippen LogP contribution is 2.28. The topological polar surface area (TPSA) is 110 Å². The summed E-state index contributed by atoms with van der Waals surface area (Å²) in [7, 11) is -7.22. The lowest BCUT2D eigenvalue weighted by molar-refractivity contribution is 0.391. The van der Waals surface area contributed by atoms with Gasteiger partial charge in [-0.05, 0) is 24.6 Å². The van der Waals surface area contributed by atoms with Crippen LogP contribution in [0.2, 0.25) is 0 Å². The number of benzene rings is 2. The zero-order chi connectivity index (χ0) is 22.1. The van der Waals surface area contributed by atoms with Crippen molar-refractivity contribution in [2.24, 2.45) is 0 Å². The second kappa shape index (κ2) is 9.65. The van der Waals surface area contributed by atoms with E-state index in [-0.39, 0.29) is 61.3 Å². The van der Waals surface area contributed by atoms with Crippen LogP contribution in [0.5, 0.6) is 5.75 Å². The van der Waals surface area contributed by atoms with Crippen LogP contribution in [0.4, 0.5) is 14.5 Å². The van der Waals surface area contributed by atoms with Crippen LogP contribution in [0.3, 0.4) is 0 Å². The molecule has 1 aliphatic rings. The summed E-state index contributed by atoms with van der Waals surface area (Å²) in [5, 5.41) is 0. The van der Waals surface area contributed by atoms with E-state index in [0.29, 0.717) is 0 Å². The molecule has 0 unspecified atom stereocenters. The minimum absolute atomic E-state index is 0. The first-order valence-corrected chi connectivity index (χ1v) is 11.8. The van der Waals surface area contributed by atoms with Crippen molar-refractivity contribution in [1.29, 1.82) is 0 Å². The molecule has 172 valence electrons. The summed E-state index contributed by atoms with van der Waals surface area (Å²) in [6.45, 7) is -0.461. The second-order valence-electron chi connectivity index (χ2n) is 6.65. The SMILES string of the molecule is COc1cc(F)c(S(=O)(=O)N2CCCN(S(=O)(=O)c3cccc(N)c3)CC2)c(F)c1.Cl. The van der Waals surface area contributed by atoms with Crippen molar-refractivity contribution >= 4 is 38.1 Å². The fraction of sp³-hybridized carbons (Fsp3) is 0.333. The third-order valence-corrected chi connectivity index (χ3v) is 8.56. The lowest BCUT2D eigenvalue weighted by atomic mass is 10.3. The standard InChI is InChI=1S/C18H21F2N3O5S2.ClH/c1-28-14-11-16(19)18(17(20)12-14)30(26,27)23-7-3-6-22(8-9-23)29(24,25)15-5-2-4-13(21)10-15;/h2,4-5,10-12H,3,6-9,21H2,1H3;1H. The number of hydrogen-bond donors (Lipinski definition) is 1. The van der Waals surface area contributed by atoms with Crippen molar-refractivity contribution in [3.63, 3.8) is 0 Å². The fourth-order valence-corrected chi connectivity index (χ4v) is 6.29. The summed E-state index contributed by atoms with van der Waals surface area (Å²) in [5.41, 5.74) is 5.94. The molecule has 2 aromatic rings. The number of ether oxygens (including phenoxy) is 1. The minimum Gasteiger partial charge on any atom is -0.497 e. The summed E-state index contributed by atoms with van der Waals surface area (Å²) in [6.07, 6.45) is 0.153. The minimum atomic E-state index is -4.53. The first kappa shape index (κ1) is 25.3. The molecule has 31 heavy (non-hydrogen) atoms. The van der Waals surface area contributed by atoms with Crippen molar-refractivity contribution in [2.45, 2.75) is 16.2 Å². The Kier molecular flexibility index (Phi) is 7.87. The van der Waals surface area contributed by atoms with Crippen LogP contribution in [0, 0.1) is 11.6 Å². The molecule has 8 nitrogen and oxygen atoms in total. The van der Waals surface area contributed by atoms with Gasteiger partial charge in [-0.3, -0.25) is 0 Å². The van der Waals surface area contributed by atoms with E-state index < -0.39 is 36.6 Å². The predicted octanol–water partition coefficient (Wildman–Crippen LogP) is 2.06. The summed E-state index contributed by atoms with van der Waals surface area (Å²) in [4.78, 5) is -1.10. The molecule has 0 atom stereocenters. The normalized spacial score (nSPS) is 16.4. The molecule has 0 spiro atoms. The quantitative estimate of drug-likeness (QED) is 0.633. The monoisotopic (exact) mass is 497 g/mol. The van der Waals surface area contributed by atoms with Crippen molar-refractivity contribution in [1.82, 2.24) is 8.61 Å². The maximum atomic E-state index is 14.3. The first-order valence-electron chi connectivity index (χ1n) is 8.96. The molecule has 1 heterocycles. The maximum Gasteiger partial charge on any atom is 0.248 e. The molecular formula is C18H22ClF2N3O5S2. The van der Waals surface area contributed by atoms with Gasteiger partial charge in [0, 0.05) is 44.0 Å². The summed E-state index contributed by atoms with van der Waals surface area (Å²) < 4.78 is 86.9. The third-order valence-electron chi connectivity index (χ3n) is 4.72. The molecule has 1 saturated heterocycles. The number of hydrogen-bond acceptors (Lipinski definition) is 6. The van der Waals surface area contributed by atoms with Gasteiger partial charge in [-0.15, -0.1) is 12.4 Å². The highest BCUT2D eigenvalue weighted by Gasteiger charge is 2.35. The Morgan fingerprint density at radius 1 is 0.903 bits per heavy atom. The number of nitrogen functional groups attached to an aromatic ring is 1.